The smallest absolute Gasteiger partial charge is 0.0833 e. The Morgan fingerprint density at radius 3 is 2.62 bits per heavy atom. The van der Waals surface area contributed by atoms with Crippen LogP contribution in [-0.4, -0.2) is 26.7 Å². The molecule has 0 aliphatic heterocycles. The highest BCUT2D eigenvalue weighted by atomic mass is 16.3. The summed E-state index contributed by atoms with van der Waals surface area (Å²) < 4.78 is 1.68. The van der Waals surface area contributed by atoms with Crippen molar-refractivity contribution in [1.29, 1.82) is 0 Å². The van der Waals surface area contributed by atoms with Gasteiger partial charge in [-0.05, 0) is 5.56 Å². The van der Waals surface area contributed by atoms with Crippen molar-refractivity contribution in [3.63, 3.8) is 0 Å². The second kappa shape index (κ2) is 4.90. The summed E-state index contributed by atoms with van der Waals surface area (Å²) in [5, 5.41) is 17.3. The van der Waals surface area contributed by atoms with Crippen molar-refractivity contribution in [2.24, 2.45) is 7.05 Å². The number of nitrogens with zero attached hydrogens (tertiary/aromatic N) is 3. The van der Waals surface area contributed by atoms with Crippen molar-refractivity contribution in [2.45, 2.75) is 12.3 Å². The van der Waals surface area contributed by atoms with Crippen LogP contribution < -0.4 is 0 Å². The summed E-state index contributed by atoms with van der Waals surface area (Å²) >= 11 is 0. The standard InChI is InChI=1S/C12H15N3O/c1-15-8-12(13-14-15)7-11(9-16)10-5-3-2-4-6-10/h2-6,8,11,16H,7,9H2,1H3. The first-order chi connectivity index (χ1) is 7.79. The molecule has 2 rings (SSSR count). The lowest BCUT2D eigenvalue weighted by atomic mass is 9.95. The van der Waals surface area contributed by atoms with E-state index in [4.69, 9.17) is 0 Å². The van der Waals surface area contributed by atoms with E-state index in [0.717, 1.165) is 11.3 Å². The maximum Gasteiger partial charge on any atom is 0.0833 e. The van der Waals surface area contributed by atoms with Gasteiger partial charge < -0.3 is 5.11 Å². The maximum atomic E-state index is 9.39. The molecule has 0 radical (unpaired) electrons. The molecule has 4 nitrogen and oxygen atoms in total. The summed E-state index contributed by atoms with van der Waals surface area (Å²) in [6, 6.07) is 9.98. The minimum Gasteiger partial charge on any atom is -0.396 e. The average molecular weight is 217 g/mol. The molecule has 1 aromatic carbocycles. The molecule has 16 heavy (non-hydrogen) atoms. The van der Waals surface area contributed by atoms with Crippen molar-refractivity contribution in [3.8, 4) is 0 Å². The predicted molar refractivity (Wildman–Crippen MR) is 61.0 cm³/mol. The van der Waals surface area contributed by atoms with Crippen molar-refractivity contribution in [3.05, 3.63) is 47.8 Å². The molecule has 0 saturated carbocycles. The van der Waals surface area contributed by atoms with Gasteiger partial charge in [0.05, 0.1) is 12.3 Å². The molecule has 0 spiro atoms. The zero-order valence-electron chi connectivity index (χ0n) is 9.24. The monoisotopic (exact) mass is 217 g/mol. The minimum absolute atomic E-state index is 0.0953. The lowest BCUT2D eigenvalue weighted by molar-refractivity contribution is 0.264. The second-order valence-electron chi connectivity index (χ2n) is 3.88. The lowest BCUT2D eigenvalue weighted by Gasteiger charge is -2.12. The number of rotatable bonds is 4. The van der Waals surface area contributed by atoms with Crippen molar-refractivity contribution < 1.29 is 5.11 Å². The molecule has 0 saturated heterocycles. The zero-order chi connectivity index (χ0) is 11.4. The van der Waals surface area contributed by atoms with Gasteiger partial charge in [0.15, 0.2) is 0 Å². The van der Waals surface area contributed by atoms with Crippen LogP contribution in [0.3, 0.4) is 0 Å². The van der Waals surface area contributed by atoms with Crippen molar-refractivity contribution in [1.82, 2.24) is 15.0 Å². The first-order valence-electron chi connectivity index (χ1n) is 5.30. The zero-order valence-corrected chi connectivity index (χ0v) is 9.24. The van der Waals surface area contributed by atoms with E-state index < -0.39 is 0 Å². The molecule has 0 aliphatic carbocycles. The van der Waals surface area contributed by atoms with Crippen LogP contribution in [0.1, 0.15) is 17.2 Å². The maximum absolute atomic E-state index is 9.39. The summed E-state index contributed by atoms with van der Waals surface area (Å²) in [5.41, 5.74) is 2.04. The summed E-state index contributed by atoms with van der Waals surface area (Å²) in [6.45, 7) is 0.126. The van der Waals surface area contributed by atoms with Gasteiger partial charge in [-0.1, -0.05) is 35.5 Å². The number of hydrogen-bond acceptors (Lipinski definition) is 3. The SMILES string of the molecule is Cn1cc(CC(CO)c2ccccc2)nn1. The van der Waals surface area contributed by atoms with Crippen molar-refractivity contribution in [2.75, 3.05) is 6.61 Å². The Balaban J connectivity index is 2.12. The predicted octanol–water partition coefficient (Wildman–Crippen LogP) is 1.13. The second-order valence-corrected chi connectivity index (χ2v) is 3.88. The van der Waals surface area contributed by atoms with Gasteiger partial charge in [0, 0.05) is 25.6 Å². The average Bonchev–Trinajstić information content (AvgIpc) is 2.73. The fourth-order valence-electron chi connectivity index (χ4n) is 1.75. The van der Waals surface area contributed by atoms with E-state index in [-0.39, 0.29) is 12.5 Å². The van der Waals surface area contributed by atoms with Crippen LogP contribution in [0.25, 0.3) is 0 Å². The molecule has 1 unspecified atom stereocenters. The third kappa shape index (κ3) is 2.46. The van der Waals surface area contributed by atoms with Gasteiger partial charge in [0.2, 0.25) is 0 Å². The van der Waals surface area contributed by atoms with Gasteiger partial charge in [0.25, 0.3) is 0 Å². The largest absolute Gasteiger partial charge is 0.396 e. The number of aliphatic hydroxyl groups is 1. The van der Waals surface area contributed by atoms with Crippen LogP contribution in [0.5, 0.6) is 0 Å². The van der Waals surface area contributed by atoms with E-state index in [0.29, 0.717) is 6.42 Å². The Bertz CT molecular complexity index is 439. The third-order valence-corrected chi connectivity index (χ3v) is 2.60. The molecule has 0 fully saturated rings. The van der Waals surface area contributed by atoms with Gasteiger partial charge in [-0.15, -0.1) is 5.10 Å². The Morgan fingerprint density at radius 2 is 2.06 bits per heavy atom. The highest BCUT2D eigenvalue weighted by Gasteiger charge is 2.12. The molecule has 1 aromatic heterocycles. The minimum atomic E-state index is 0.0953. The first kappa shape index (κ1) is 10.8. The number of hydrogen-bond donors (Lipinski definition) is 1. The van der Waals surface area contributed by atoms with E-state index in [1.807, 2.05) is 43.6 Å². The van der Waals surface area contributed by atoms with Gasteiger partial charge >= 0.3 is 0 Å². The fraction of sp³-hybridized carbons (Fsp3) is 0.333. The fourth-order valence-corrected chi connectivity index (χ4v) is 1.75. The number of benzene rings is 1. The lowest BCUT2D eigenvalue weighted by Crippen LogP contribution is -2.07. The summed E-state index contributed by atoms with van der Waals surface area (Å²) in [5.74, 6) is 0.0953. The third-order valence-electron chi connectivity index (χ3n) is 2.60. The number of aryl methyl sites for hydroxylation is 1. The molecule has 2 aromatic rings. The molecule has 0 amide bonds. The van der Waals surface area contributed by atoms with Crippen molar-refractivity contribution >= 4 is 0 Å². The molecule has 1 atom stereocenters. The molecule has 0 aliphatic rings. The van der Waals surface area contributed by atoms with Crippen LogP contribution in [0.2, 0.25) is 0 Å². The van der Waals surface area contributed by atoms with Gasteiger partial charge in [-0.2, -0.15) is 0 Å². The topological polar surface area (TPSA) is 50.9 Å². The highest BCUT2D eigenvalue weighted by Crippen LogP contribution is 2.18. The van der Waals surface area contributed by atoms with Crippen LogP contribution >= 0.6 is 0 Å². The number of aliphatic hydroxyl groups excluding tert-OH is 1. The van der Waals surface area contributed by atoms with E-state index in [9.17, 15) is 5.11 Å². The van der Waals surface area contributed by atoms with E-state index >= 15 is 0 Å². The van der Waals surface area contributed by atoms with Gasteiger partial charge in [-0.3, -0.25) is 4.68 Å². The van der Waals surface area contributed by atoms with E-state index in [1.54, 1.807) is 4.68 Å². The number of aromatic nitrogens is 3. The summed E-state index contributed by atoms with van der Waals surface area (Å²) in [6.07, 6.45) is 2.60. The Morgan fingerprint density at radius 1 is 1.31 bits per heavy atom. The first-order valence-corrected chi connectivity index (χ1v) is 5.30. The van der Waals surface area contributed by atoms with Crippen LogP contribution in [0.4, 0.5) is 0 Å². The van der Waals surface area contributed by atoms with Crippen LogP contribution in [-0.2, 0) is 13.5 Å². The Hall–Kier alpha value is -1.68. The molecular formula is C12H15N3O. The van der Waals surface area contributed by atoms with Gasteiger partial charge in [-0.25, -0.2) is 0 Å². The Kier molecular flexibility index (Phi) is 3.31. The van der Waals surface area contributed by atoms with Gasteiger partial charge in [0.1, 0.15) is 0 Å². The Labute approximate surface area is 94.5 Å². The quantitative estimate of drug-likeness (QED) is 0.835. The molecular weight excluding hydrogens is 202 g/mol. The molecule has 0 bridgehead atoms. The molecule has 4 heteroatoms. The molecule has 1 N–H and O–H groups in total. The van der Waals surface area contributed by atoms with Crippen LogP contribution in [0, 0.1) is 0 Å². The molecule has 84 valence electrons. The summed E-state index contributed by atoms with van der Waals surface area (Å²) in [4.78, 5) is 0. The van der Waals surface area contributed by atoms with E-state index in [2.05, 4.69) is 10.3 Å². The molecule has 1 heterocycles. The normalized spacial score (nSPS) is 12.6. The summed E-state index contributed by atoms with van der Waals surface area (Å²) in [7, 11) is 1.84. The van der Waals surface area contributed by atoms with Crippen LogP contribution in [0.15, 0.2) is 36.5 Å². The highest BCUT2D eigenvalue weighted by molar-refractivity contribution is 5.21. The van der Waals surface area contributed by atoms with E-state index in [1.165, 1.54) is 0 Å².